The SMILES string of the molecule is COc1cc(OC)c(Br)c(P(=O)(c2cc(C(C)(C)C)c(OC)c(C(C)(C)C)c2)c2cc(C(C)(C)C)c(OC)c(C(C)(C)C)c2)c1. The van der Waals surface area contributed by atoms with E-state index in [1.165, 1.54) is 0 Å². The summed E-state index contributed by atoms with van der Waals surface area (Å²) in [7, 11) is 3.01. The van der Waals surface area contributed by atoms with Crippen molar-refractivity contribution in [2.24, 2.45) is 0 Å². The van der Waals surface area contributed by atoms with Gasteiger partial charge in [-0.3, -0.25) is 0 Å². The van der Waals surface area contributed by atoms with Crippen LogP contribution < -0.4 is 34.9 Å². The Bertz CT molecular complexity index is 1450. The molecule has 0 fully saturated rings. The first kappa shape index (κ1) is 37.0. The Morgan fingerprint density at radius 3 is 1.09 bits per heavy atom. The molecule has 0 aliphatic rings. The number of benzene rings is 3. The van der Waals surface area contributed by atoms with Crippen LogP contribution in [0.4, 0.5) is 0 Å². The number of ether oxygens (including phenoxy) is 4. The van der Waals surface area contributed by atoms with E-state index in [-0.39, 0.29) is 21.7 Å². The van der Waals surface area contributed by atoms with Gasteiger partial charge in [0, 0.05) is 44.2 Å². The molecule has 3 aromatic carbocycles. The average Bonchev–Trinajstić information content (AvgIpc) is 2.93. The van der Waals surface area contributed by atoms with Gasteiger partial charge in [0.15, 0.2) is 7.14 Å². The van der Waals surface area contributed by atoms with E-state index in [1.54, 1.807) is 28.4 Å². The number of rotatable bonds is 7. The zero-order valence-electron chi connectivity index (χ0n) is 30.3. The molecule has 0 heterocycles. The van der Waals surface area contributed by atoms with Gasteiger partial charge in [-0.05, 0) is 67.9 Å². The van der Waals surface area contributed by atoms with Gasteiger partial charge >= 0.3 is 0 Å². The van der Waals surface area contributed by atoms with E-state index in [9.17, 15) is 0 Å². The van der Waals surface area contributed by atoms with Crippen molar-refractivity contribution in [1.29, 1.82) is 0 Å². The molecule has 0 saturated carbocycles. The highest BCUT2D eigenvalue weighted by Crippen LogP contribution is 2.52. The van der Waals surface area contributed by atoms with Crippen LogP contribution in [0.3, 0.4) is 0 Å². The van der Waals surface area contributed by atoms with Crippen LogP contribution in [0.2, 0.25) is 0 Å². The summed E-state index contributed by atoms with van der Waals surface area (Å²) < 4.78 is 41.0. The smallest absolute Gasteiger partial charge is 0.172 e. The molecule has 3 aromatic rings. The quantitative estimate of drug-likeness (QED) is 0.230. The molecular weight excluding hydrogens is 647 g/mol. The van der Waals surface area contributed by atoms with Crippen LogP contribution in [0, 0.1) is 0 Å². The third kappa shape index (κ3) is 7.13. The maximum atomic E-state index is 16.7. The molecule has 0 aliphatic carbocycles. The van der Waals surface area contributed by atoms with E-state index in [0.29, 0.717) is 21.3 Å². The Hall–Kier alpha value is -2.43. The molecule has 3 rings (SSSR count). The first-order valence-electron chi connectivity index (χ1n) is 15.5. The molecule has 0 saturated heterocycles. The summed E-state index contributed by atoms with van der Waals surface area (Å²) in [5.74, 6) is 2.76. The second-order valence-electron chi connectivity index (χ2n) is 15.9. The zero-order valence-corrected chi connectivity index (χ0v) is 32.8. The van der Waals surface area contributed by atoms with Crippen LogP contribution in [0.15, 0.2) is 40.9 Å². The van der Waals surface area contributed by atoms with Gasteiger partial charge in [-0.2, -0.15) is 0 Å². The number of halogens is 1. The van der Waals surface area contributed by atoms with E-state index in [4.69, 9.17) is 18.9 Å². The van der Waals surface area contributed by atoms with Crippen molar-refractivity contribution >= 4 is 39.0 Å². The lowest BCUT2D eigenvalue weighted by Crippen LogP contribution is -2.32. The maximum Gasteiger partial charge on any atom is 0.172 e. The van der Waals surface area contributed by atoms with Crippen LogP contribution >= 0.6 is 23.1 Å². The molecule has 0 unspecified atom stereocenters. The highest BCUT2D eigenvalue weighted by Gasteiger charge is 2.40. The van der Waals surface area contributed by atoms with Crippen LogP contribution in [-0.4, -0.2) is 28.4 Å². The lowest BCUT2D eigenvalue weighted by Gasteiger charge is -2.34. The predicted octanol–water partition coefficient (Wildman–Crippen LogP) is 9.31. The lowest BCUT2D eigenvalue weighted by molar-refractivity contribution is 0.381. The third-order valence-corrected chi connectivity index (χ3v) is 12.4. The molecule has 0 bridgehead atoms. The summed E-state index contributed by atoms with van der Waals surface area (Å²) in [5.41, 5.74) is 2.84. The Morgan fingerprint density at radius 1 is 0.511 bits per heavy atom. The molecule has 0 amide bonds. The Labute approximate surface area is 280 Å². The number of hydrogen-bond acceptors (Lipinski definition) is 5. The van der Waals surface area contributed by atoms with E-state index in [1.807, 2.05) is 12.1 Å². The molecule has 0 aromatic heterocycles. The first-order valence-corrected chi connectivity index (χ1v) is 18.0. The maximum absolute atomic E-state index is 16.7. The van der Waals surface area contributed by atoms with Crippen LogP contribution in [0.25, 0.3) is 0 Å². The van der Waals surface area contributed by atoms with Gasteiger partial charge in [0.2, 0.25) is 0 Å². The topological polar surface area (TPSA) is 54.0 Å². The Kier molecular flexibility index (Phi) is 10.4. The second-order valence-corrected chi connectivity index (χ2v) is 19.4. The third-order valence-electron chi connectivity index (χ3n) is 8.30. The number of hydrogen-bond donors (Lipinski definition) is 0. The molecule has 0 spiro atoms. The highest BCUT2D eigenvalue weighted by molar-refractivity contribution is 9.10. The minimum absolute atomic E-state index is 0.289. The molecule has 7 heteroatoms. The largest absolute Gasteiger partial charge is 0.497 e. The molecular formula is C38H54BrO5P. The van der Waals surface area contributed by atoms with Gasteiger partial charge in [-0.25, -0.2) is 0 Å². The van der Waals surface area contributed by atoms with E-state index in [0.717, 1.165) is 44.4 Å². The average molecular weight is 702 g/mol. The summed E-state index contributed by atoms with van der Waals surface area (Å²) >= 11 is 3.82. The summed E-state index contributed by atoms with van der Waals surface area (Å²) in [6, 6.07) is 12.0. The lowest BCUT2D eigenvalue weighted by atomic mass is 9.79. The van der Waals surface area contributed by atoms with Gasteiger partial charge < -0.3 is 23.5 Å². The predicted molar refractivity (Wildman–Crippen MR) is 195 cm³/mol. The molecule has 0 N–H and O–H groups in total. The van der Waals surface area contributed by atoms with Crippen molar-refractivity contribution in [3.05, 3.63) is 63.1 Å². The van der Waals surface area contributed by atoms with Gasteiger partial charge in [-0.15, -0.1) is 0 Å². The monoisotopic (exact) mass is 700 g/mol. The minimum atomic E-state index is -3.66. The molecule has 45 heavy (non-hydrogen) atoms. The Morgan fingerprint density at radius 2 is 0.844 bits per heavy atom. The highest BCUT2D eigenvalue weighted by atomic mass is 79.9. The van der Waals surface area contributed by atoms with Crippen molar-refractivity contribution in [3.63, 3.8) is 0 Å². The minimum Gasteiger partial charge on any atom is -0.497 e. The molecule has 0 aliphatic heterocycles. The fraction of sp³-hybridized carbons (Fsp3) is 0.526. The van der Waals surface area contributed by atoms with Crippen molar-refractivity contribution in [3.8, 4) is 23.0 Å². The summed E-state index contributed by atoms with van der Waals surface area (Å²) in [6.07, 6.45) is 0. The van der Waals surface area contributed by atoms with Gasteiger partial charge in [-0.1, -0.05) is 83.1 Å². The zero-order chi connectivity index (χ0) is 34.5. The molecule has 0 atom stereocenters. The van der Waals surface area contributed by atoms with Crippen LogP contribution in [-0.2, 0) is 26.2 Å². The second kappa shape index (κ2) is 12.6. The van der Waals surface area contributed by atoms with E-state index >= 15 is 4.57 Å². The van der Waals surface area contributed by atoms with Gasteiger partial charge in [0.1, 0.15) is 23.0 Å². The Balaban J connectivity index is 2.77. The molecule has 5 nitrogen and oxygen atoms in total. The van der Waals surface area contributed by atoms with Crippen LogP contribution in [0.5, 0.6) is 23.0 Å². The van der Waals surface area contributed by atoms with Crippen molar-refractivity contribution in [2.45, 2.75) is 105 Å². The van der Waals surface area contributed by atoms with Crippen molar-refractivity contribution in [1.82, 2.24) is 0 Å². The summed E-state index contributed by atoms with van der Waals surface area (Å²) in [6.45, 7) is 26.0. The van der Waals surface area contributed by atoms with E-state index < -0.39 is 7.14 Å². The number of methoxy groups -OCH3 is 4. The van der Waals surface area contributed by atoms with Crippen LogP contribution in [0.1, 0.15) is 105 Å². The fourth-order valence-corrected chi connectivity index (χ4v) is 9.67. The van der Waals surface area contributed by atoms with Gasteiger partial charge in [0.05, 0.1) is 32.9 Å². The summed E-state index contributed by atoms with van der Waals surface area (Å²) in [5, 5.41) is 2.05. The standard InChI is InChI=1S/C38H54BrO5P/c1-35(2,3)26-19-24(20-27(33(26)43-15)36(4,5)6)45(40,31-18-23(41-13)17-30(42-14)32(31)39)25-21-28(37(7,8)9)34(44-16)29(22-25)38(10,11)12/h17-22H,1-16H3. The molecule has 248 valence electrons. The summed E-state index contributed by atoms with van der Waals surface area (Å²) in [4.78, 5) is 0. The van der Waals surface area contributed by atoms with E-state index in [2.05, 4.69) is 123 Å². The fourth-order valence-electron chi connectivity index (χ4n) is 5.74. The normalized spacial score (nSPS) is 13.1. The molecule has 0 radical (unpaired) electrons. The van der Waals surface area contributed by atoms with Crippen molar-refractivity contribution < 1.29 is 23.5 Å². The van der Waals surface area contributed by atoms with Gasteiger partial charge in [0.25, 0.3) is 0 Å². The van der Waals surface area contributed by atoms with Crippen molar-refractivity contribution in [2.75, 3.05) is 28.4 Å². The first-order chi connectivity index (χ1) is 20.5.